The van der Waals surface area contributed by atoms with E-state index in [1.54, 1.807) is 10.7 Å². The van der Waals surface area contributed by atoms with Crippen LogP contribution in [-0.4, -0.2) is 22.2 Å². The number of hydrogen-bond donors (Lipinski definition) is 1. The fourth-order valence-electron chi connectivity index (χ4n) is 1.29. The van der Waals surface area contributed by atoms with Gasteiger partial charge in [-0.2, -0.15) is 5.10 Å². The van der Waals surface area contributed by atoms with Crippen LogP contribution in [0.15, 0.2) is 10.7 Å². The summed E-state index contributed by atoms with van der Waals surface area (Å²) in [7, 11) is 0. The third kappa shape index (κ3) is 1.04. The molecule has 0 fully saturated rings. The van der Waals surface area contributed by atoms with Crippen molar-refractivity contribution in [3.05, 3.63) is 16.4 Å². The summed E-state index contributed by atoms with van der Waals surface area (Å²) in [6, 6.07) is 1.97. The number of hydrogen-bond acceptors (Lipinski definition) is 2. The average Bonchev–Trinajstić information content (AvgIpc) is 2.41. The van der Waals surface area contributed by atoms with Crippen molar-refractivity contribution in [2.24, 2.45) is 0 Å². The van der Waals surface area contributed by atoms with Gasteiger partial charge in [0, 0.05) is 12.6 Å². The molecule has 1 aliphatic heterocycles. The minimum atomic E-state index is -0.0497. The minimum absolute atomic E-state index is 0.0497. The van der Waals surface area contributed by atoms with Gasteiger partial charge in [-0.3, -0.25) is 9.48 Å². The molecule has 0 spiro atoms. The predicted octanol–water partition coefficient (Wildman–Crippen LogP) is 0.950. The van der Waals surface area contributed by atoms with Crippen molar-refractivity contribution in [3.63, 3.8) is 0 Å². The summed E-state index contributed by atoms with van der Waals surface area (Å²) in [5, 5.41) is 6.94. The molecule has 2 heterocycles. The highest BCUT2D eigenvalue weighted by Crippen LogP contribution is 2.18. The fraction of sp³-hybridized carbons (Fsp3) is 0.429. The van der Waals surface area contributed by atoms with E-state index in [1.807, 2.05) is 6.92 Å². The first-order valence-corrected chi connectivity index (χ1v) is 4.51. The molecule has 0 aliphatic carbocycles. The maximum Gasteiger partial charge on any atom is 0.269 e. The van der Waals surface area contributed by atoms with Crippen LogP contribution in [0, 0.1) is 0 Å². The normalized spacial score (nSPS) is 21.8. The van der Waals surface area contributed by atoms with Crippen LogP contribution in [0.25, 0.3) is 0 Å². The number of aromatic nitrogens is 2. The molecule has 4 nitrogen and oxygen atoms in total. The summed E-state index contributed by atoms with van der Waals surface area (Å²) in [6.45, 7) is 2.67. The summed E-state index contributed by atoms with van der Waals surface area (Å²) in [6.07, 6.45) is 0. The predicted molar refractivity (Wildman–Crippen MR) is 47.0 cm³/mol. The molecule has 0 saturated carbocycles. The quantitative estimate of drug-likeness (QED) is 0.721. The molecule has 12 heavy (non-hydrogen) atoms. The molecule has 1 aromatic rings. The Morgan fingerprint density at radius 3 is 3.25 bits per heavy atom. The Morgan fingerprint density at radius 1 is 1.83 bits per heavy atom. The Morgan fingerprint density at radius 2 is 2.58 bits per heavy atom. The van der Waals surface area contributed by atoms with E-state index in [1.165, 1.54) is 0 Å². The van der Waals surface area contributed by atoms with Crippen molar-refractivity contribution < 1.29 is 4.79 Å². The van der Waals surface area contributed by atoms with Gasteiger partial charge in [-0.15, -0.1) is 0 Å². The number of halogens is 1. The van der Waals surface area contributed by atoms with E-state index in [-0.39, 0.29) is 11.9 Å². The van der Waals surface area contributed by atoms with Crippen LogP contribution >= 0.6 is 15.9 Å². The number of carbonyl (C=O) groups is 1. The van der Waals surface area contributed by atoms with E-state index in [4.69, 9.17) is 0 Å². The van der Waals surface area contributed by atoms with Gasteiger partial charge in [-0.05, 0) is 22.9 Å². The van der Waals surface area contributed by atoms with E-state index in [0.717, 1.165) is 0 Å². The molecular formula is C7H8BrN3O. The Labute approximate surface area is 78.1 Å². The Kier molecular flexibility index (Phi) is 1.68. The fourth-order valence-corrected chi connectivity index (χ4v) is 1.68. The summed E-state index contributed by atoms with van der Waals surface area (Å²) >= 11 is 3.24. The number of carbonyl (C=O) groups excluding carboxylic acids is 1. The van der Waals surface area contributed by atoms with E-state index >= 15 is 0 Å². The van der Waals surface area contributed by atoms with Crippen molar-refractivity contribution in [1.29, 1.82) is 0 Å². The topological polar surface area (TPSA) is 46.9 Å². The lowest BCUT2D eigenvalue weighted by molar-refractivity contribution is 0.0912. The van der Waals surface area contributed by atoms with E-state index in [9.17, 15) is 4.79 Å². The summed E-state index contributed by atoms with van der Waals surface area (Å²) in [5.74, 6) is -0.0497. The summed E-state index contributed by atoms with van der Waals surface area (Å²) in [4.78, 5) is 11.3. The molecule has 0 aromatic carbocycles. The molecular weight excluding hydrogens is 222 g/mol. The monoisotopic (exact) mass is 229 g/mol. The largest absolute Gasteiger partial charge is 0.349 e. The van der Waals surface area contributed by atoms with Gasteiger partial charge in [-0.1, -0.05) is 0 Å². The molecule has 2 rings (SSSR count). The number of fused-ring (bicyclic) bond motifs is 1. The van der Waals surface area contributed by atoms with Crippen molar-refractivity contribution in [3.8, 4) is 0 Å². The Bertz CT molecular complexity index is 333. The third-order valence-electron chi connectivity index (χ3n) is 1.91. The highest BCUT2D eigenvalue weighted by molar-refractivity contribution is 9.10. The SMILES string of the molecule is C[C@H]1CNC(=O)c2cc(Br)nn21. The zero-order chi connectivity index (χ0) is 8.72. The van der Waals surface area contributed by atoms with Gasteiger partial charge in [0.25, 0.3) is 5.91 Å². The Balaban J connectivity index is 2.54. The van der Waals surface area contributed by atoms with Crippen LogP contribution in [0.2, 0.25) is 0 Å². The van der Waals surface area contributed by atoms with Gasteiger partial charge in [0.05, 0.1) is 6.04 Å². The maximum atomic E-state index is 11.3. The second-order valence-corrected chi connectivity index (χ2v) is 3.67. The maximum absolute atomic E-state index is 11.3. The van der Waals surface area contributed by atoms with Gasteiger partial charge < -0.3 is 5.32 Å². The minimum Gasteiger partial charge on any atom is -0.349 e. The van der Waals surface area contributed by atoms with Crippen LogP contribution in [0.3, 0.4) is 0 Å². The van der Waals surface area contributed by atoms with E-state index < -0.39 is 0 Å². The van der Waals surface area contributed by atoms with Crippen LogP contribution in [-0.2, 0) is 0 Å². The van der Waals surface area contributed by atoms with Gasteiger partial charge >= 0.3 is 0 Å². The first-order valence-electron chi connectivity index (χ1n) is 3.72. The van der Waals surface area contributed by atoms with Crippen molar-refractivity contribution in [2.45, 2.75) is 13.0 Å². The summed E-state index contributed by atoms with van der Waals surface area (Å²) in [5.41, 5.74) is 0.626. The number of rotatable bonds is 0. The highest BCUT2D eigenvalue weighted by Gasteiger charge is 2.23. The van der Waals surface area contributed by atoms with Crippen molar-refractivity contribution >= 4 is 21.8 Å². The smallest absolute Gasteiger partial charge is 0.269 e. The number of nitrogens with zero attached hydrogens (tertiary/aromatic N) is 2. The van der Waals surface area contributed by atoms with Crippen LogP contribution in [0.5, 0.6) is 0 Å². The lowest BCUT2D eigenvalue weighted by Gasteiger charge is -2.20. The molecule has 0 saturated heterocycles. The molecule has 1 atom stereocenters. The molecule has 0 radical (unpaired) electrons. The molecule has 0 unspecified atom stereocenters. The molecule has 1 aromatic heterocycles. The molecule has 5 heteroatoms. The number of nitrogens with one attached hydrogen (secondary N) is 1. The second-order valence-electron chi connectivity index (χ2n) is 2.86. The zero-order valence-corrected chi connectivity index (χ0v) is 8.13. The van der Waals surface area contributed by atoms with Crippen molar-refractivity contribution in [2.75, 3.05) is 6.54 Å². The molecule has 1 amide bonds. The molecule has 1 aliphatic rings. The highest BCUT2D eigenvalue weighted by atomic mass is 79.9. The van der Waals surface area contributed by atoms with Crippen molar-refractivity contribution in [1.82, 2.24) is 15.1 Å². The van der Waals surface area contributed by atoms with Gasteiger partial charge in [0.2, 0.25) is 0 Å². The first kappa shape index (κ1) is 7.79. The van der Waals surface area contributed by atoms with Gasteiger partial charge in [0.15, 0.2) is 0 Å². The summed E-state index contributed by atoms with van der Waals surface area (Å²) < 4.78 is 2.45. The van der Waals surface area contributed by atoms with Crippen LogP contribution in [0.4, 0.5) is 0 Å². The van der Waals surface area contributed by atoms with E-state index in [2.05, 4.69) is 26.3 Å². The number of amides is 1. The standard InChI is InChI=1S/C7H8BrN3O/c1-4-3-9-7(12)5-2-6(8)10-11(4)5/h2,4H,3H2,1H3,(H,9,12)/t4-/m0/s1. The van der Waals surface area contributed by atoms with Gasteiger partial charge in [0.1, 0.15) is 10.3 Å². The molecule has 1 N–H and O–H groups in total. The first-order chi connectivity index (χ1) is 5.68. The molecule has 0 bridgehead atoms. The van der Waals surface area contributed by atoms with Crippen LogP contribution < -0.4 is 5.32 Å². The lowest BCUT2D eigenvalue weighted by Crippen LogP contribution is -2.38. The lowest BCUT2D eigenvalue weighted by atomic mass is 10.2. The Hall–Kier alpha value is -0.840. The zero-order valence-electron chi connectivity index (χ0n) is 6.54. The van der Waals surface area contributed by atoms with E-state index in [0.29, 0.717) is 16.8 Å². The molecule has 64 valence electrons. The van der Waals surface area contributed by atoms with Gasteiger partial charge in [-0.25, -0.2) is 0 Å². The third-order valence-corrected chi connectivity index (χ3v) is 2.30. The second kappa shape index (κ2) is 2.58. The average molecular weight is 230 g/mol. The van der Waals surface area contributed by atoms with Crippen LogP contribution in [0.1, 0.15) is 23.5 Å².